The Morgan fingerprint density at radius 2 is 2.00 bits per heavy atom. The molecular weight excluding hydrogens is 236 g/mol. The third-order valence-electron chi connectivity index (χ3n) is 4.30. The Balaban J connectivity index is 1.69. The van der Waals surface area contributed by atoms with Crippen LogP contribution in [0.4, 0.5) is 0 Å². The second kappa shape index (κ2) is 7.32. The van der Waals surface area contributed by atoms with E-state index in [4.69, 9.17) is 4.74 Å². The Morgan fingerprint density at radius 1 is 1.21 bits per heavy atom. The zero-order valence-electron chi connectivity index (χ0n) is 11.8. The van der Waals surface area contributed by atoms with Gasteiger partial charge in [-0.3, -0.25) is 4.79 Å². The van der Waals surface area contributed by atoms with E-state index in [1.807, 2.05) is 0 Å². The largest absolute Gasteiger partial charge is 0.469 e. The van der Waals surface area contributed by atoms with Crippen LogP contribution in [-0.2, 0) is 16.0 Å². The number of methoxy groups -OCH3 is 1. The van der Waals surface area contributed by atoms with Crippen molar-refractivity contribution in [3.63, 3.8) is 0 Å². The standard InChI is InChI=1S/C17H24O2/c1-19-17(18)16-13-7-12-15(16)11-6-5-10-14-8-3-2-4-9-14/h2-4,8-9,15-16H,5-7,10-13H2,1H3/t15-,16?/m1/s1. The predicted octanol–water partition coefficient (Wildman–Crippen LogP) is 3.99. The Morgan fingerprint density at radius 3 is 2.74 bits per heavy atom. The molecule has 1 aliphatic rings. The summed E-state index contributed by atoms with van der Waals surface area (Å²) in [5.41, 5.74) is 1.42. The van der Waals surface area contributed by atoms with Crippen molar-refractivity contribution in [3.05, 3.63) is 35.9 Å². The lowest BCUT2D eigenvalue weighted by Crippen LogP contribution is -2.20. The monoisotopic (exact) mass is 260 g/mol. The van der Waals surface area contributed by atoms with E-state index in [-0.39, 0.29) is 11.9 Å². The number of carbonyl (C=O) groups is 1. The van der Waals surface area contributed by atoms with Crippen molar-refractivity contribution < 1.29 is 9.53 Å². The van der Waals surface area contributed by atoms with E-state index < -0.39 is 0 Å². The lowest BCUT2D eigenvalue weighted by atomic mass is 9.90. The number of unbranched alkanes of at least 4 members (excludes halogenated alkanes) is 1. The first-order valence-electron chi connectivity index (χ1n) is 7.43. The van der Waals surface area contributed by atoms with E-state index in [1.165, 1.54) is 44.8 Å². The molecule has 0 aliphatic heterocycles. The average molecular weight is 260 g/mol. The normalized spacial score (nSPS) is 22.4. The molecule has 2 rings (SSSR count). The minimum atomic E-state index is 0.00515. The second-order valence-electron chi connectivity index (χ2n) is 5.55. The zero-order chi connectivity index (χ0) is 13.5. The van der Waals surface area contributed by atoms with E-state index >= 15 is 0 Å². The van der Waals surface area contributed by atoms with Crippen molar-refractivity contribution in [3.8, 4) is 0 Å². The molecule has 0 N–H and O–H groups in total. The van der Waals surface area contributed by atoms with Crippen molar-refractivity contribution in [2.24, 2.45) is 11.8 Å². The maximum Gasteiger partial charge on any atom is 0.308 e. The van der Waals surface area contributed by atoms with Gasteiger partial charge >= 0.3 is 5.97 Å². The molecule has 19 heavy (non-hydrogen) atoms. The topological polar surface area (TPSA) is 26.3 Å². The minimum absolute atomic E-state index is 0.00515. The van der Waals surface area contributed by atoms with Gasteiger partial charge in [-0.15, -0.1) is 0 Å². The van der Waals surface area contributed by atoms with Gasteiger partial charge in [-0.2, -0.15) is 0 Å². The fraction of sp³-hybridized carbons (Fsp3) is 0.588. The quantitative estimate of drug-likeness (QED) is 0.571. The molecule has 0 aromatic heterocycles. The Bertz CT molecular complexity index is 386. The van der Waals surface area contributed by atoms with Gasteiger partial charge in [-0.25, -0.2) is 0 Å². The average Bonchev–Trinajstić information content (AvgIpc) is 2.92. The number of esters is 1. The molecular formula is C17H24O2. The molecule has 2 heteroatoms. The van der Waals surface area contributed by atoms with Crippen LogP contribution in [0.25, 0.3) is 0 Å². The van der Waals surface area contributed by atoms with Crippen LogP contribution >= 0.6 is 0 Å². The van der Waals surface area contributed by atoms with Gasteiger partial charge in [0.15, 0.2) is 0 Å². The summed E-state index contributed by atoms with van der Waals surface area (Å²) in [6, 6.07) is 10.6. The second-order valence-corrected chi connectivity index (χ2v) is 5.55. The lowest BCUT2D eigenvalue weighted by Gasteiger charge is -2.17. The van der Waals surface area contributed by atoms with Crippen molar-refractivity contribution in [2.45, 2.75) is 44.9 Å². The smallest absolute Gasteiger partial charge is 0.308 e. The number of carbonyl (C=O) groups excluding carboxylic acids is 1. The highest BCUT2D eigenvalue weighted by molar-refractivity contribution is 5.72. The third kappa shape index (κ3) is 4.09. The van der Waals surface area contributed by atoms with Crippen LogP contribution in [-0.4, -0.2) is 13.1 Å². The van der Waals surface area contributed by atoms with Crippen LogP contribution in [0.2, 0.25) is 0 Å². The first-order valence-corrected chi connectivity index (χ1v) is 7.43. The first-order chi connectivity index (χ1) is 9.31. The summed E-state index contributed by atoms with van der Waals surface area (Å²) in [5, 5.41) is 0. The minimum Gasteiger partial charge on any atom is -0.469 e. The highest BCUT2D eigenvalue weighted by Gasteiger charge is 2.32. The van der Waals surface area contributed by atoms with Gasteiger partial charge < -0.3 is 4.74 Å². The fourth-order valence-electron chi connectivity index (χ4n) is 3.22. The van der Waals surface area contributed by atoms with E-state index in [9.17, 15) is 4.79 Å². The summed E-state index contributed by atoms with van der Waals surface area (Å²) in [7, 11) is 1.51. The molecule has 0 bridgehead atoms. The van der Waals surface area contributed by atoms with Crippen LogP contribution in [0.1, 0.15) is 44.1 Å². The van der Waals surface area contributed by atoms with E-state index in [0.29, 0.717) is 5.92 Å². The summed E-state index contributed by atoms with van der Waals surface area (Å²) in [6.07, 6.45) is 8.16. The SMILES string of the molecule is COC(=O)C1CCC[C@H]1CCCCc1ccccc1. The molecule has 1 aromatic rings. The highest BCUT2D eigenvalue weighted by Crippen LogP contribution is 2.36. The Hall–Kier alpha value is -1.31. The molecule has 0 amide bonds. The van der Waals surface area contributed by atoms with E-state index in [0.717, 1.165) is 12.8 Å². The number of rotatable bonds is 6. The first kappa shape index (κ1) is 14.1. The summed E-state index contributed by atoms with van der Waals surface area (Å²) in [5.74, 6) is 0.732. The van der Waals surface area contributed by atoms with Gasteiger partial charge in [-0.1, -0.05) is 43.2 Å². The highest BCUT2D eigenvalue weighted by atomic mass is 16.5. The number of hydrogen-bond acceptors (Lipinski definition) is 2. The summed E-state index contributed by atoms with van der Waals surface area (Å²) in [6.45, 7) is 0. The molecule has 1 unspecified atom stereocenters. The van der Waals surface area contributed by atoms with Crippen LogP contribution < -0.4 is 0 Å². The van der Waals surface area contributed by atoms with Crippen molar-refractivity contribution >= 4 is 5.97 Å². The molecule has 0 radical (unpaired) electrons. The molecule has 104 valence electrons. The molecule has 1 fully saturated rings. The summed E-state index contributed by atoms with van der Waals surface area (Å²) < 4.78 is 4.90. The van der Waals surface area contributed by atoms with Gasteiger partial charge in [0.05, 0.1) is 13.0 Å². The van der Waals surface area contributed by atoms with Crippen LogP contribution in [0, 0.1) is 11.8 Å². The maximum atomic E-state index is 11.7. The molecule has 0 saturated heterocycles. The summed E-state index contributed by atoms with van der Waals surface area (Å²) in [4.78, 5) is 11.7. The zero-order valence-corrected chi connectivity index (χ0v) is 11.8. The maximum absolute atomic E-state index is 11.7. The van der Waals surface area contributed by atoms with Gasteiger partial charge in [-0.05, 0) is 43.6 Å². The molecule has 1 aromatic carbocycles. The van der Waals surface area contributed by atoms with Crippen molar-refractivity contribution in [1.82, 2.24) is 0 Å². The molecule has 0 heterocycles. The summed E-state index contributed by atoms with van der Waals surface area (Å²) >= 11 is 0. The van der Waals surface area contributed by atoms with E-state index in [1.54, 1.807) is 0 Å². The number of ether oxygens (including phenoxy) is 1. The van der Waals surface area contributed by atoms with Gasteiger partial charge in [0.25, 0.3) is 0 Å². The Kier molecular flexibility index (Phi) is 5.44. The number of aryl methyl sites for hydroxylation is 1. The molecule has 0 spiro atoms. The Labute approximate surface area is 116 Å². The molecule has 1 saturated carbocycles. The van der Waals surface area contributed by atoms with Crippen molar-refractivity contribution in [2.75, 3.05) is 7.11 Å². The fourth-order valence-corrected chi connectivity index (χ4v) is 3.22. The van der Waals surface area contributed by atoms with Gasteiger partial charge in [0.2, 0.25) is 0 Å². The lowest BCUT2D eigenvalue weighted by molar-refractivity contribution is -0.146. The van der Waals surface area contributed by atoms with Crippen molar-refractivity contribution in [1.29, 1.82) is 0 Å². The number of benzene rings is 1. The number of hydrogen-bond donors (Lipinski definition) is 0. The third-order valence-corrected chi connectivity index (χ3v) is 4.30. The van der Waals surface area contributed by atoms with Gasteiger partial charge in [0.1, 0.15) is 0 Å². The van der Waals surface area contributed by atoms with Gasteiger partial charge in [0, 0.05) is 0 Å². The molecule has 2 nitrogen and oxygen atoms in total. The predicted molar refractivity (Wildman–Crippen MR) is 76.8 cm³/mol. The molecule has 2 atom stereocenters. The van der Waals surface area contributed by atoms with Crippen LogP contribution in [0.15, 0.2) is 30.3 Å². The van der Waals surface area contributed by atoms with E-state index in [2.05, 4.69) is 30.3 Å². The van der Waals surface area contributed by atoms with Crippen LogP contribution in [0.5, 0.6) is 0 Å². The van der Waals surface area contributed by atoms with Crippen LogP contribution in [0.3, 0.4) is 0 Å². The molecule has 1 aliphatic carbocycles.